The lowest BCUT2D eigenvalue weighted by molar-refractivity contribution is 1.39. The van der Waals surface area contributed by atoms with Crippen LogP contribution in [-0.2, 0) is 0 Å². The monoisotopic (exact) mass is 140 g/mol. The highest BCUT2D eigenvalue weighted by Crippen LogP contribution is 1.99. The van der Waals surface area contributed by atoms with Gasteiger partial charge in [-0.2, -0.15) is 0 Å². The Bertz CT molecular complexity index is 192. The van der Waals surface area contributed by atoms with Gasteiger partial charge in [0.1, 0.15) is 5.82 Å². The smallest absolute Gasteiger partial charge is 0.190 e. The minimum absolute atomic E-state index is 0.0254. The lowest BCUT2D eigenvalue weighted by Crippen LogP contribution is -2.08. The summed E-state index contributed by atoms with van der Waals surface area (Å²) in [5, 5.41) is 2.65. The number of hydrogen-bond acceptors (Lipinski definition) is 1. The van der Waals surface area contributed by atoms with Gasteiger partial charge in [-0.25, -0.2) is 0 Å². The minimum Gasteiger partial charge on any atom is -0.348 e. The lowest BCUT2D eigenvalue weighted by atomic mass is 10.6. The van der Waals surface area contributed by atoms with Crippen LogP contribution in [0.4, 0.5) is 5.82 Å². The largest absolute Gasteiger partial charge is 0.348 e. The van der Waals surface area contributed by atoms with E-state index in [9.17, 15) is 0 Å². The first kappa shape index (κ1) is 6.10. The van der Waals surface area contributed by atoms with Crippen molar-refractivity contribution in [2.45, 2.75) is 0 Å². The van der Waals surface area contributed by atoms with Crippen molar-refractivity contribution < 1.29 is 0 Å². The average molecular weight is 140 g/mol. The van der Waals surface area contributed by atoms with Gasteiger partial charge in [0.2, 0.25) is 0 Å². The van der Waals surface area contributed by atoms with Gasteiger partial charge in [0.05, 0.1) is 0 Å². The van der Waals surface area contributed by atoms with Crippen LogP contribution in [0, 0.1) is 0 Å². The summed E-state index contributed by atoms with van der Waals surface area (Å²) in [5.74, 6) is 0.759. The molecule has 0 aromatic carbocycles. The molecule has 1 rings (SSSR count). The number of aromatic amines is 1. The first-order chi connectivity index (χ1) is 4.29. The molecule has 0 spiro atoms. The summed E-state index contributed by atoms with van der Waals surface area (Å²) < 4.78 is 0. The van der Waals surface area contributed by atoms with Crippen LogP contribution in [0.2, 0.25) is 0 Å². The van der Waals surface area contributed by atoms with Crippen LogP contribution in [-0.4, -0.2) is 10.1 Å². The summed E-state index contributed by atoms with van der Waals surface area (Å²) in [5.41, 5.74) is 6.85. The highest BCUT2D eigenvalue weighted by Gasteiger charge is 1.89. The summed E-state index contributed by atoms with van der Waals surface area (Å²) in [6.45, 7) is 0. The summed E-state index contributed by atoms with van der Waals surface area (Å²) in [7, 11) is 0. The summed E-state index contributed by atoms with van der Waals surface area (Å²) in [4.78, 5) is 2.85. The molecule has 0 aliphatic rings. The van der Waals surface area contributed by atoms with Crippen LogP contribution < -0.4 is 11.1 Å². The molecule has 3 nitrogen and oxygen atoms in total. The number of nitrogens with one attached hydrogen (secondary N) is 3. The lowest BCUT2D eigenvalue weighted by Gasteiger charge is -1.95. The number of thiocarbonyl (C=S) groups is 1. The molecule has 0 atom stereocenters. The third-order valence-corrected chi connectivity index (χ3v) is 0.948. The van der Waals surface area contributed by atoms with Crippen molar-refractivity contribution in [3.8, 4) is 0 Å². The Morgan fingerprint density at radius 2 is 2.56 bits per heavy atom. The molecule has 1 radical (unpaired) electrons. The zero-order chi connectivity index (χ0) is 6.69. The van der Waals surface area contributed by atoms with E-state index in [-0.39, 0.29) is 5.11 Å². The molecule has 3 N–H and O–H groups in total. The minimum atomic E-state index is 0.0254. The molecular weight excluding hydrogens is 134 g/mol. The summed E-state index contributed by atoms with van der Waals surface area (Å²) in [6.07, 6.45) is 1.76. The van der Waals surface area contributed by atoms with E-state index >= 15 is 0 Å². The third-order valence-electron chi connectivity index (χ3n) is 0.846. The maximum atomic E-state index is 6.85. The number of H-pyrrole nitrogens is 1. The van der Waals surface area contributed by atoms with E-state index in [1.807, 2.05) is 6.07 Å². The topological polar surface area (TPSA) is 51.6 Å². The summed E-state index contributed by atoms with van der Waals surface area (Å²) >= 11 is 4.48. The van der Waals surface area contributed by atoms with E-state index in [1.54, 1.807) is 12.3 Å². The van der Waals surface area contributed by atoms with Gasteiger partial charge in [-0.1, -0.05) is 0 Å². The van der Waals surface area contributed by atoms with Crippen molar-refractivity contribution in [3.63, 3.8) is 0 Å². The molecule has 9 heavy (non-hydrogen) atoms. The second kappa shape index (κ2) is 2.50. The highest BCUT2D eigenvalue weighted by atomic mass is 32.1. The second-order valence-corrected chi connectivity index (χ2v) is 1.95. The van der Waals surface area contributed by atoms with Gasteiger partial charge in [0, 0.05) is 6.20 Å². The van der Waals surface area contributed by atoms with Gasteiger partial charge in [-0.15, -0.1) is 0 Å². The third kappa shape index (κ3) is 1.73. The van der Waals surface area contributed by atoms with Crippen LogP contribution in [0.5, 0.6) is 0 Å². The fourth-order valence-corrected chi connectivity index (χ4v) is 0.640. The zero-order valence-corrected chi connectivity index (χ0v) is 5.46. The SMILES string of the molecule is [NH]C(=S)Nc1ccc[nH]1. The Morgan fingerprint density at radius 1 is 1.78 bits per heavy atom. The van der Waals surface area contributed by atoms with E-state index < -0.39 is 0 Å². The normalized spacial score (nSPS) is 8.89. The van der Waals surface area contributed by atoms with Crippen molar-refractivity contribution in [2.75, 3.05) is 5.32 Å². The number of rotatable bonds is 1. The molecule has 0 fully saturated rings. The van der Waals surface area contributed by atoms with E-state index in [4.69, 9.17) is 5.73 Å². The number of hydrogen-bond donors (Lipinski definition) is 2. The van der Waals surface area contributed by atoms with Crippen molar-refractivity contribution in [1.29, 1.82) is 0 Å². The maximum absolute atomic E-state index is 6.85. The molecule has 0 aliphatic heterocycles. The molecule has 0 unspecified atom stereocenters. The van der Waals surface area contributed by atoms with Crippen LogP contribution >= 0.6 is 12.2 Å². The first-order valence-corrected chi connectivity index (χ1v) is 2.86. The van der Waals surface area contributed by atoms with E-state index in [0.717, 1.165) is 5.82 Å². The molecule has 0 amide bonds. The molecule has 0 bridgehead atoms. The molecule has 4 heteroatoms. The van der Waals surface area contributed by atoms with Gasteiger partial charge in [-0.05, 0) is 24.4 Å². The molecule has 0 saturated carbocycles. The Kier molecular flexibility index (Phi) is 1.69. The Morgan fingerprint density at radius 3 is 3.00 bits per heavy atom. The van der Waals surface area contributed by atoms with Crippen LogP contribution in [0.15, 0.2) is 18.3 Å². The zero-order valence-electron chi connectivity index (χ0n) is 4.64. The predicted molar refractivity (Wildman–Crippen MR) is 40.1 cm³/mol. The Balaban J connectivity index is 2.58. The van der Waals surface area contributed by atoms with E-state index in [0.29, 0.717) is 0 Å². The Hall–Kier alpha value is -1.03. The molecule has 1 heterocycles. The molecule has 0 saturated heterocycles. The van der Waals surface area contributed by atoms with Gasteiger partial charge >= 0.3 is 0 Å². The van der Waals surface area contributed by atoms with Crippen LogP contribution in [0.3, 0.4) is 0 Å². The number of aromatic nitrogens is 1. The van der Waals surface area contributed by atoms with Gasteiger partial charge in [0.15, 0.2) is 5.11 Å². The molecule has 1 aromatic rings. The Labute approximate surface area is 58.3 Å². The maximum Gasteiger partial charge on any atom is 0.190 e. The van der Waals surface area contributed by atoms with Crippen LogP contribution in [0.1, 0.15) is 0 Å². The fraction of sp³-hybridized carbons (Fsp3) is 0. The molecule has 47 valence electrons. The predicted octanol–water partition coefficient (Wildman–Crippen LogP) is 0.994. The summed E-state index contributed by atoms with van der Waals surface area (Å²) in [6, 6.07) is 3.64. The van der Waals surface area contributed by atoms with Gasteiger partial charge in [0.25, 0.3) is 0 Å². The van der Waals surface area contributed by atoms with Crippen molar-refractivity contribution >= 4 is 23.1 Å². The van der Waals surface area contributed by atoms with E-state index in [1.165, 1.54) is 0 Å². The number of anilines is 1. The second-order valence-electron chi connectivity index (χ2n) is 1.54. The average Bonchev–Trinajstić information content (AvgIpc) is 2.15. The molecule has 0 aliphatic carbocycles. The van der Waals surface area contributed by atoms with Gasteiger partial charge < -0.3 is 10.3 Å². The van der Waals surface area contributed by atoms with Crippen molar-refractivity contribution in [1.82, 2.24) is 10.7 Å². The molecular formula is C5H6N3S. The van der Waals surface area contributed by atoms with E-state index in [2.05, 4.69) is 22.5 Å². The fourth-order valence-electron chi connectivity index (χ4n) is 0.530. The van der Waals surface area contributed by atoms with Crippen LogP contribution in [0.25, 0.3) is 0 Å². The van der Waals surface area contributed by atoms with Crippen molar-refractivity contribution in [2.24, 2.45) is 0 Å². The van der Waals surface area contributed by atoms with Crippen molar-refractivity contribution in [3.05, 3.63) is 18.3 Å². The standard InChI is InChI=1S/C5H6N3S/c6-5(9)8-4-2-1-3-7-4/h1-3,6-7H,(H,8,9). The molecule has 1 aromatic heterocycles. The quantitative estimate of drug-likeness (QED) is 0.571. The van der Waals surface area contributed by atoms with Gasteiger partial charge in [-0.3, -0.25) is 5.73 Å². The first-order valence-electron chi connectivity index (χ1n) is 2.45. The highest BCUT2D eigenvalue weighted by molar-refractivity contribution is 7.80.